The molecule has 2 rings (SSSR count). The highest BCUT2D eigenvalue weighted by atomic mass is 32.1. The van der Waals surface area contributed by atoms with Crippen molar-refractivity contribution < 1.29 is 4.39 Å². The van der Waals surface area contributed by atoms with Crippen LogP contribution in [0.2, 0.25) is 0 Å². The maximum atomic E-state index is 14.4. The van der Waals surface area contributed by atoms with Gasteiger partial charge in [0.15, 0.2) is 0 Å². The van der Waals surface area contributed by atoms with Gasteiger partial charge in [0.2, 0.25) is 0 Å². The summed E-state index contributed by atoms with van der Waals surface area (Å²) in [5.74, 6) is 0. The zero-order chi connectivity index (χ0) is 10.0. The molecule has 1 fully saturated rings. The summed E-state index contributed by atoms with van der Waals surface area (Å²) in [7, 11) is 0. The van der Waals surface area contributed by atoms with E-state index in [9.17, 15) is 4.39 Å². The van der Waals surface area contributed by atoms with Gasteiger partial charge < -0.3 is 5.32 Å². The fourth-order valence-electron chi connectivity index (χ4n) is 1.90. The van der Waals surface area contributed by atoms with Crippen LogP contribution in [0.1, 0.15) is 25.5 Å². The van der Waals surface area contributed by atoms with Gasteiger partial charge in [-0.1, -0.05) is 4.49 Å². The maximum Gasteiger partial charge on any atom is 0.131 e. The summed E-state index contributed by atoms with van der Waals surface area (Å²) < 4.78 is 18.2. The molecule has 1 aliphatic rings. The molecule has 1 aromatic rings. The lowest BCUT2D eigenvalue weighted by Gasteiger charge is -2.36. The zero-order valence-electron chi connectivity index (χ0n) is 8.16. The maximum absolute atomic E-state index is 14.4. The summed E-state index contributed by atoms with van der Waals surface area (Å²) in [6.07, 6.45) is 1.91. The van der Waals surface area contributed by atoms with Crippen molar-refractivity contribution >= 4 is 11.5 Å². The molecule has 0 aromatic carbocycles. The Hall–Kier alpha value is -0.550. The largest absolute Gasteiger partial charge is 0.311 e. The number of hydrogen-bond acceptors (Lipinski definition) is 4. The van der Waals surface area contributed by atoms with Gasteiger partial charge >= 0.3 is 0 Å². The molecule has 2 unspecified atom stereocenters. The Labute approximate surface area is 86.9 Å². The van der Waals surface area contributed by atoms with E-state index in [1.54, 1.807) is 0 Å². The molecule has 2 heterocycles. The van der Waals surface area contributed by atoms with E-state index in [0.29, 0.717) is 12.8 Å². The van der Waals surface area contributed by atoms with Gasteiger partial charge in [-0.15, -0.1) is 5.10 Å². The standard InChI is InChI=1S/C9H14FN3S/c1-7-9(10,3-2-4-11-7)5-8-6-14-13-12-8/h6-7,11H,2-5H2,1H3. The number of alkyl halides is 1. The van der Waals surface area contributed by atoms with Crippen LogP contribution in [0.3, 0.4) is 0 Å². The average Bonchev–Trinajstić information content (AvgIpc) is 2.63. The average molecular weight is 215 g/mol. The zero-order valence-corrected chi connectivity index (χ0v) is 8.98. The monoisotopic (exact) mass is 215 g/mol. The summed E-state index contributed by atoms with van der Waals surface area (Å²) in [4.78, 5) is 0. The van der Waals surface area contributed by atoms with E-state index in [1.165, 1.54) is 11.5 Å². The van der Waals surface area contributed by atoms with Crippen LogP contribution in [0.25, 0.3) is 0 Å². The molecule has 3 nitrogen and oxygen atoms in total. The van der Waals surface area contributed by atoms with Crippen LogP contribution < -0.4 is 5.32 Å². The molecule has 78 valence electrons. The van der Waals surface area contributed by atoms with Crippen molar-refractivity contribution in [2.75, 3.05) is 6.54 Å². The van der Waals surface area contributed by atoms with Crippen molar-refractivity contribution in [1.82, 2.24) is 14.9 Å². The molecular weight excluding hydrogens is 201 g/mol. The van der Waals surface area contributed by atoms with Crippen LogP contribution in [-0.2, 0) is 6.42 Å². The van der Waals surface area contributed by atoms with Gasteiger partial charge in [0.05, 0.1) is 5.69 Å². The molecule has 14 heavy (non-hydrogen) atoms. The van der Waals surface area contributed by atoms with Crippen molar-refractivity contribution in [3.05, 3.63) is 11.1 Å². The van der Waals surface area contributed by atoms with Crippen molar-refractivity contribution in [1.29, 1.82) is 0 Å². The Morgan fingerprint density at radius 2 is 2.64 bits per heavy atom. The first-order valence-electron chi connectivity index (χ1n) is 4.89. The summed E-state index contributed by atoms with van der Waals surface area (Å²) in [6.45, 7) is 2.82. The number of hydrogen-bond donors (Lipinski definition) is 1. The second kappa shape index (κ2) is 3.90. The smallest absolute Gasteiger partial charge is 0.131 e. The first-order chi connectivity index (χ1) is 6.71. The fraction of sp³-hybridized carbons (Fsp3) is 0.778. The molecule has 5 heteroatoms. The van der Waals surface area contributed by atoms with Gasteiger partial charge in [-0.3, -0.25) is 0 Å². The van der Waals surface area contributed by atoms with Gasteiger partial charge in [0.1, 0.15) is 5.67 Å². The number of piperidine rings is 1. The van der Waals surface area contributed by atoms with Gasteiger partial charge in [0, 0.05) is 17.8 Å². The molecule has 0 radical (unpaired) electrons. The summed E-state index contributed by atoms with van der Waals surface area (Å²) in [5, 5.41) is 8.88. The van der Waals surface area contributed by atoms with Gasteiger partial charge in [0.25, 0.3) is 0 Å². The predicted molar refractivity (Wildman–Crippen MR) is 54.2 cm³/mol. The SMILES string of the molecule is CC1NCCCC1(F)Cc1csnn1. The quantitative estimate of drug-likeness (QED) is 0.813. The second-order valence-electron chi connectivity index (χ2n) is 3.89. The Morgan fingerprint density at radius 1 is 1.79 bits per heavy atom. The van der Waals surface area contributed by atoms with Gasteiger partial charge in [-0.25, -0.2) is 4.39 Å². The van der Waals surface area contributed by atoms with E-state index in [-0.39, 0.29) is 6.04 Å². The predicted octanol–water partition coefficient (Wildman–Crippen LogP) is 1.56. The lowest BCUT2D eigenvalue weighted by atomic mass is 9.85. The normalized spacial score (nSPS) is 33.1. The first kappa shape index (κ1) is 9.98. The number of aromatic nitrogens is 2. The molecule has 0 amide bonds. The highest BCUT2D eigenvalue weighted by Gasteiger charge is 2.38. The molecule has 1 saturated heterocycles. The van der Waals surface area contributed by atoms with Crippen LogP contribution >= 0.6 is 11.5 Å². The van der Waals surface area contributed by atoms with Crippen LogP contribution in [0, 0.1) is 0 Å². The highest BCUT2D eigenvalue weighted by Crippen LogP contribution is 2.29. The van der Waals surface area contributed by atoms with Crippen molar-refractivity contribution in [2.24, 2.45) is 0 Å². The van der Waals surface area contributed by atoms with Crippen LogP contribution in [-0.4, -0.2) is 27.8 Å². The highest BCUT2D eigenvalue weighted by molar-refractivity contribution is 7.03. The summed E-state index contributed by atoms with van der Waals surface area (Å²) >= 11 is 1.28. The minimum absolute atomic E-state index is 0.0852. The third kappa shape index (κ3) is 1.93. The Balaban J connectivity index is 2.07. The third-order valence-corrected chi connectivity index (χ3v) is 3.43. The number of nitrogens with zero attached hydrogens (tertiary/aromatic N) is 2. The fourth-order valence-corrected chi connectivity index (χ4v) is 2.36. The van der Waals surface area contributed by atoms with Crippen molar-refractivity contribution in [3.8, 4) is 0 Å². The van der Waals surface area contributed by atoms with Gasteiger partial charge in [-0.05, 0) is 37.8 Å². The number of rotatable bonds is 2. The van der Waals surface area contributed by atoms with Crippen LogP contribution in [0.15, 0.2) is 5.38 Å². The number of halogens is 1. The molecule has 1 N–H and O–H groups in total. The Morgan fingerprint density at radius 3 is 3.29 bits per heavy atom. The summed E-state index contributed by atoms with van der Waals surface area (Å²) in [6, 6.07) is -0.0852. The molecule has 0 aliphatic carbocycles. The topological polar surface area (TPSA) is 37.8 Å². The molecule has 0 bridgehead atoms. The van der Waals surface area contributed by atoms with Crippen molar-refractivity contribution in [2.45, 2.75) is 37.9 Å². The van der Waals surface area contributed by atoms with E-state index in [0.717, 1.165) is 18.7 Å². The summed E-state index contributed by atoms with van der Waals surface area (Å²) in [5.41, 5.74) is -0.373. The van der Waals surface area contributed by atoms with E-state index < -0.39 is 5.67 Å². The molecule has 0 spiro atoms. The Kier molecular flexibility index (Phi) is 2.78. The molecule has 0 saturated carbocycles. The second-order valence-corrected chi connectivity index (χ2v) is 4.50. The van der Waals surface area contributed by atoms with E-state index in [2.05, 4.69) is 14.9 Å². The van der Waals surface area contributed by atoms with E-state index >= 15 is 0 Å². The van der Waals surface area contributed by atoms with Gasteiger partial charge in [-0.2, -0.15) is 0 Å². The van der Waals surface area contributed by atoms with Crippen LogP contribution in [0.4, 0.5) is 4.39 Å². The van der Waals surface area contributed by atoms with Crippen LogP contribution in [0.5, 0.6) is 0 Å². The minimum Gasteiger partial charge on any atom is -0.311 e. The minimum atomic E-state index is -1.14. The third-order valence-electron chi connectivity index (χ3n) is 2.88. The lowest BCUT2D eigenvalue weighted by molar-refractivity contribution is 0.0761. The molecule has 1 aromatic heterocycles. The first-order valence-corrected chi connectivity index (χ1v) is 5.73. The molecular formula is C9H14FN3S. The van der Waals surface area contributed by atoms with Crippen molar-refractivity contribution in [3.63, 3.8) is 0 Å². The van der Waals surface area contributed by atoms with E-state index in [1.807, 2.05) is 12.3 Å². The molecule has 1 aliphatic heterocycles. The number of nitrogens with one attached hydrogen (secondary N) is 1. The Bertz CT molecular complexity index is 290. The van der Waals surface area contributed by atoms with E-state index in [4.69, 9.17) is 0 Å². The lowest BCUT2D eigenvalue weighted by Crippen LogP contribution is -2.51. The molecule has 2 atom stereocenters.